The van der Waals surface area contributed by atoms with E-state index in [2.05, 4.69) is 4.84 Å². The molecule has 0 aliphatic rings. The van der Waals surface area contributed by atoms with Gasteiger partial charge in [-0.25, -0.2) is 10.3 Å². The molecule has 4 heteroatoms. The molecule has 2 N–H and O–H groups in total. The van der Waals surface area contributed by atoms with Crippen LogP contribution in [0, 0.1) is 5.82 Å². The highest BCUT2D eigenvalue weighted by molar-refractivity contribution is 5.33. The Labute approximate surface area is 69.8 Å². The van der Waals surface area contributed by atoms with E-state index >= 15 is 0 Å². The predicted octanol–water partition coefficient (Wildman–Crippen LogP) is 1.22. The molecule has 0 bridgehead atoms. The molecule has 0 unspecified atom stereocenters. The van der Waals surface area contributed by atoms with Gasteiger partial charge >= 0.3 is 0 Å². The first-order valence-corrected chi connectivity index (χ1v) is 3.42. The van der Waals surface area contributed by atoms with E-state index < -0.39 is 0 Å². The van der Waals surface area contributed by atoms with Crippen molar-refractivity contribution in [3.05, 3.63) is 29.6 Å². The van der Waals surface area contributed by atoms with Crippen LogP contribution in [0.3, 0.4) is 0 Å². The highest BCUT2D eigenvalue weighted by Gasteiger charge is 2.07. The average molecular weight is 171 g/mol. The van der Waals surface area contributed by atoms with Gasteiger partial charge in [-0.1, -0.05) is 6.07 Å². The zero-order valence-electron chi connectivity index (χ0n) is 6.71. The molecule has 66 valence electrons. The highest BCUT2D eigenvalue weighted by Crippen LogP contribution is 2.21. The van der Waals surface area contributed by atoms with E-state index in [0.29, 0.717) is 11.3 Å². The molecule has 0 saturated heterocycles. The van der Waals surface area contributed by atoms with Crippen LogP contribution in [0.2, 0.25) is 0 Å². The second kappa shape index (κ2) is 4.04. The van der Waals surface area contributed by atoms with E-state index in [0.717, 1.165) is 0 Å². The Balaban J connectivity index is 3.02. The van der Waals surface area contributed by atoms with Crippen molar-refractivity contribution in [1.82, 2.24) is 0 Å². The summed E-state index contributed by atoms with van der Waals surface area (Å²) in [5, 5.41) is 0. The van der Waals surface area contributed by atoms with Gasteiger partial charge in [0, 0.05) is 0 Å². The lowest BCUT2D eigenvalue weighted by Gasteiger charge is -2.07. The summed E-state index contributed by atoms with van der Waals surface area (Å²) < 4.78 is 17.9. The molecule has 0 aliphatic heterocycles. The van der Waals surface area contributed by atoms with E-state index in [1.54, 1.807) is 12.1 Å². The van der Waals surface area contributed by atoms with Crippen molar-refractivity contribution in [2.24, 2.45) is 5.90 Å². The summed E-state index contributed by atoms with van der Waals surface area (Å²) in [7, 11) is 1.47. The first-order chi connectivity index (χ1) is 5.79. The summed E-state index contributed by atoms with van der Waals surface area (Å²) in [6.07, 6.45) is 0. The monoisotopic (exact) mass is 171 g/mol. The number of methoxy groups -OCH3 is 1. The molecule has 1 aromatic carbocycles. The molecule has 0 atom stereocenters. The van der Waals surface area contributed by atoms with Crippen molar-refractivity contribution in [3.8, 4) is 5.75 Å². The van der Waals surface area contributed by atoms with E-state index in [1.165, 1.54) is 13.2 Å². The van der Waals surface area contributed by atoms with E-state index in [9.17, 15) is 4.39 Å². The minimum Gasteiger partial charge on any atom is -0.496 e. The van der Waals surface area contributed by atoms with Crippen molar-refractivity contribution in [3.63, 3.8) is 0 Å². The van der Waals surface area contributed by atoms with Crippen LogP contribution in [-0.4, -0.2) is 7.11 Å². The molecule has 0 heterocycles. The van der Waals surface area contributed by atoms with Gasteiger partial charge in [0.25, 0.3) is 0 Å². The fraction of sp³-hybridized carbons (Fsp3) is 0.250. The number of hydrogen-bond donors (Lipinski definition) is 1. The van der Waals surface area contributed by atoms with Gasteiger partial charge in [0.1, 0.15) is 11.6 Å². The molecule has 0 spiro atoms. The lowest BCUT2D eigenvalue weighted by atomic mass is 10.2. The quantitative estimate of drug-likeness (QED) is 0.695. The Morgan fingerprint density at radius 3 is 2.83 bits per heavy atom. The standard InChI is InChI=1S/C8H10FNO2/c1-11-8-4-2-3-7(9)6(8)5-12-10/h2-4H,5,10H2,1H3. The summed E-state index contributed by atoms with van der Waals surface area (Å²) in [5.74, 6) is 4.90. The maximum atomic E-state index is 13.0. The summed E-state index contributed by atoms with van der Waals surface area (Å²) in [6, 6.07) is 4.54. The molecule has 0 aromatic heterocycles. The lowest BCUT2D eigenvalue weighted by molar-refractivity contribution is 0.119. The van der Waals surface area contributed by atoms with Crippen LogP contribution < -0.4 is 10.6 Å². The Morgan fingerprint density at radius 2 is 2.25 bits per heavy atom. The zero-order valence-corrected chi connectivity index (χ0v) is 6.71. The zero-order chi connectivity index (χ0) is 8.97. The molecular formula is C8H10FNO2. The topological polar surface area (TPSA) is 44.5 Å². The Kier molecular flexibility index (Phi) is 3.01. The van der Waals surface area contributed by atoms with Gasteiger partial charge in [0.15, 0.2) is 0 Å². The fourth-order valence-electron chi connectivity index (χ4n) is 0.954. The molecule has 0 fully saturated rings. The second-order valence-electron chi connectivity index (χ2n) is 2.23. The molecule has 1 aromatic rings. The number of ether oxygens (including phenoxy) is 1. The summed E-state index contributed by atoms with van der Waals surface area (Å²) >= 11 is 0. The van der Waals surface area contributed by atoms with Crippen molar-refractivity contribution >= 4 is 0 Å². The van der Waals surface area contributed by atoms with Crippen LogP contribution in [-0.2, 0) is 11.4 Å². The summed E-state index contributed by atoms with van der Waals surface area (Å²) in [6.45, 7) is 0.00977. The normalized spacial score (nSPS) is 9.92. The van der Waals surface area contributed by atoms with Gasteiger partial charge in [-0.3, -0.25) is 4.84 Å². The fourth-order valence-corrected chi connectivity index (χ4v) is 0.954. The third kappa shape index (κ3) is 1.72. The number of rotatable bonds is 3. The third-order valence-corrected chi connectivity index (χ3v) is 1.52. The van der Waals surface area contributed by atoms with Crippen LogP contribution in [0.4, 0.5) is 4.39 Å². The van der Waals surface area contributed by atoms with E-state index in [1.807, 2.05) is 0 Å². The lowest BCUT2D eigenvalue weighted by Crippen LogP contribution is -2.03. The second-order valence-corrected chi connectivity index (χ2v) is 2.23. The molecule has 0 amide bonds. The summed E-state index contributed by atoms with van der Waals surface area (Å²) in [4.78, 5) is 4.33. The number of benzene rings is 1. The first-order valence-electron chi connectivity index (χ1n) is 3.42. The van der Waals surface area contributed by atoms with Crippen molar-refractivity contribution in [2.45, 2.75) is 6.61 Å². The number of hydrogen-bond acceptors (Lipinski definition) is 3. The van der Waals surface area contributed by atoms with Crippen LogP contribution in [0.25, 0.3) is 0 Å². The maximum Gasteiger partial charge on any atom is 0.132 e. The third-order valence-electron chi connectivity index (χ3n) is 1.52. The number of nitrogens with two attached hydrogens (primary N) is 1. The van der Waals surface area contributed by atoms with E-state index in [-0.39, 0.29) is 12.4 Å². The van der Waals surface area contributed by atoms with Gasteiger partial charge in [0.2, 0.25) is 0 Å². The molecular weight excluding hydrogens is 161 g/mol. The molecule has 1 rings (SSSR count). The Hall–Kier alpha value is -1.13. The maximum absolute atomic E-state index is 13.0. The van der Waals surface area contributed by atoms with Crippen LogP contribution in [0.15, 0.2) is 18.2 Å². The van der Waals surface area contributed by atoms with Crippen LogP contribution in [0.5, 0.6) is 5.75 Å². The average Bonchev–Trinajstić information content (AvgIpc) is 2.09. The smallest absolute Gasteiger partial charge is 0.132 e. The van der Waals surface area contributed by atoms with Crippen molar-refractivity contribution < 1.29 is 14.0 Å². The number of halogens is 1. The predicted molar refractivity (Wildman–Crippen MR) is 41.9 cm³/mol. The Morgan fingerprint density at radius 1 is 1.50 bits per heavy atom. The van der Waals surface area contributed by atoms with Crippen LogP contribution >= 0.6 is 0 Å². The minimum absolute atomic E-state index is 0.00977. The van der Waals surface area contributed by atoms with Gasteiger partial charge in [-0.2, -0.15) is 0 Å². The van der Waals surface area contributed by atoms with Crippen molar-refractivity contribution in [2.75, 3.05) is 7.11 Å². The SMILES string of the molecule is COc1cccc(F)c1CON. The van der Waals surface area contributed by atoms with E-state index in [4.69, 9.17) is 10.6 Å². The molecule has 3 nitrogen and oxygen atoms in total. The minimum atomic E-state index is -0.375. The first kappa shape index (κ1) is 8.96. The molecule has 0 saturated carbocycles. The highest BCUT2D eigenvalue weighted by atomic mass is 19.1. The van der Waals surface area contributed by atoms with Crippen molar-refractivity contribution in [1.29, 1.82) is 0 Å². The van der Waals surface area contributed by atoms with Gasteiger partial charge in [-0.05, 0) is 12.1 Å². The molecule has 0 radical (unpaired) electrons. The summed E-state index contributed by atoms with van der Waals surface area (Å²) in [5.41, 5.74) is 0.336. The Bertz CT molecular complexity index is 265. The van der Waals surface area contributed by atoms with Gasteiger partial charge in [-0.15, -0.1) is 0 Å². The van der Waals surface area contributed by atoms with Crippen LogP contribution in [0.1, 0.15) is 5.56 Å². The van der Waals surface area contributed by atoms with Gasteiger partial charge in [0.05, 0.1) is 19.3 Å². The van der Waals surface area contributed by atoms with Gasteiger partial charge < -0.3 is 4.74 Å². The largest absolute Gasteiger partial charge is 0.496 e. The molecule has 0 aliphatic carbocycles. The molecule has 12 heavy (non-hydrogen) atoms.